The topological polar surface area (TPSA) is 99.5 Å². The van der Waals surface area contributed by atoms with E-state index in [9.17, 15) is 13.0 Å². The monoisotopic (exact) mass is 369 g/mol. The van der Waals surface area contributed by atoms with Crippen molar-refractivity contribution < 1.29 is 13.0 Å². The molecule has 0 bridgehead atoms. The minimum Gasteiger partial charge on any atom is -0.338 e. The molecule has 1 N–H and O–H groups in total. The van der Waals surface area contributed by atoms with Crippen LogP contribution in [0.5, 0.6) is 0 Å². The van der Waals surface area contributed by atoms with Crippen molar-refractivity contribution in [1.29, 1.82) is 0 Å². The molecule has 0 aromatic carbocycles. The van der Waals surface area contributed by atoms with Crippen molar-refractivity contribution in [3.05, 3.63) is 10.6 Å². The van der Waals surface area contributed by atoms with E-state index in [2.05, 4.69) is 15.0 Å². The van der Waals surface area contributed by atoms with E-state index in [0.717, 1.165) is 0 Å². The van der Waals surface area contributed by atoms with Crippen molar-refractivity contribution in [1.82, 2.24) is 19.9 Å². The summed E-state index contributed by atoms with van der Waals surface area (Å²) in [6, 6.07) is 0. The van der Waals surface area contributed by atoms with Gasteiger partial charge in [-0.1, -0.05) is 13.3 Å². The Balaban J connectivity index is 2.06. The Hall–Kier alpha value is -0.740. The number of hydrogen-bond acceptors (Lipinski definition) is 7. The Kier molecular flexibility index (Phi) is 5.78. The lowest BCUT2D eigenvalue weighted by Gasteiger charge is -2.37. The van der Waals surface area contributed by atoms with E-state index in [0.29, 0.717) is 45.0 Å². The molecule has 1 aliphatic heterocycles. The van der Waals surface area contributed by atoms with Gasteiger partial charge in [-0.2, -0.15) is 23.4 Å². The molecule has 0 amide bonds. The largest absolute Gasteiger partial charge is 0.338 e. The molecule has 0 saturated carbocycles. The van der Waals surface area contributed by atoms with E-state index in [4.69, 9.17) is 23.2 Å². The SMILES string of the molecule is CCCC(N1CCN(c2nc(Cl)nc(Cl)n2)CC1)S(=O)(=O)O. The molecule has 2 heterocycles. The van der Waals surface area contributed by atoms with Gasteiger partial charge in [-0.3, -0.25) is 9.45 Å². The molecule has 1 atom stereocenters. The highest BCUT2D eigenvalue weighted by molar-refractivity contribution is 7.86. The maximum Gasteiger partial charge on any atom is 0.281 e. The summed E-state index contributed by atoms with van der Waals surface area (Å²) in [5.41, 5.74) is 0. The zero-order valence-corrected chi connectivity index (χ0v) is 14.3. The summed E-state index contributed by atoms with van der Waals surface area (Å²) in [4.78, 5) is 15.3. The first kappa shape index (κ1) is 17.6. The molecule has 1 unspecified atom stereocenters. The van der Waals surface area contributed by atoms with Crippen LogP contribution < -0.4 is 4.90 Å². The standard InChI is InChI=1S/C11H17Cl2N5O3S/c1-2-3-8(22(19,20)21)17-4-6-18(7-5-17)11-15-9(12)14-10(13)16-11/h8H,2-7H2,1H3,(H,19,20,21). The van der Waals surface area contributed by atoms with Crippen LogP contribution in [0.25, 0.3) is 0 Å². The Morgan fingerprint density at radius 2 is 1.68 bits per heavy atom. The first-order valence-corrected chi connectivity index (χ1v) is 9.09. The lowest BCUT2D eigenvalue weighted by Crippen LogP contribution is -2.53. The van der Waals surface area contributed by atoms with Crippen LogP contribution >= 0.6 is 23.2 Å². The molecule has 2 rings (SSSR count). The van der Waals surface area contributed by atoms with Crippen LogP contribution in [-0.2, 0) is 10.1 Å². The van der Waals surface area contributed by atoms with Crippen molar-refractivity contribution in [2.75, 3.05) is 31.1 Å². The van der Waals surface area contributed by atoms with Crippen molar-refractivity contribution in [3.8, 4) is 0 Å². The second kappa shape index (κ2) is 7.22. The van der Waals surface area contributed by atoms with Crippen LogP contribution in [0.3, 0.4) is 0 Å². The van der Waals surface area contributed by atoms with Crippen molar-refractivity contribution in [2.24, 2.45) is 0 Å². The van der Waals surface area contributed by atoms with E-state index in [1.165, 1.54) is 0 Å². The zero-order chi connectivity index (χ0) is 16.3. The molecule has 1 aromatic rings. The molecule has 1 fully saturated rings. The van der Waals surface area contributed by atoms with E-state index in [1.807, 2.05) is 11.8 Å². The first-order chi connectivity index (χ1) is 10.3. The van der Waals surface area contributed by atoms with Gasteiger partial charge < -0.3 is 4.90 Å². The van der Waals surface area contributed by atoms with Gasteiger partial charge in [0, 0.05) is 26.2 Å². The minimum atomic E-state index is -4.10. The minimum absolute atomic E-state index is 0.0132. The second-order valence-electron chi connectivity index (χ2n) is 4.95. The van der Waals surface area contributed by atoms with Crippen LogP contribution in [0, 0.1) is 0 Å². The van der Waals surface area contributed by atoms with Gasteiger partial charge in [-0.05, 0) is 29.6 Å². The summed E-state index contributed by atoms with van der Waals surface area (Å²) in [5, 5.41) is -0.844. The van der Waals surface area contributed by atoms with Crippen LogP contribution in [0.1, 0.15) is 19.8 Å². The average Bonchev–Trinajstić information content (AvgIpc) is 2.43. The van der Waals surface area contributed by atoms with Crippen molar-refractivity contribution >= 4 is 39.3 Å². The zero-order valence-electron chi connectivity index (χ0n) is 12.0. The Morgan fingerprint density at radius 1 is 1.14 bits per heavy atom. The van der Waals surface area contributed by atoms with E-state index in [1.54, 1.807) is 4.90 Å². The number of piperazine rings is 1. The molecular formula is C11H17Cl2N5O3S. The van der Waals surface area contributed by atoms with Gasteiger partial charge in [0.15, 0.2) is 0 Å². The maximum atomic E-state index is 11.5. The molecule has 0 spiro atoms. The predicted octanol–water partition coefficient (Wildman–Crippen LogP) is 1.31. The third kappa shape index (κ3) is 4.39. The molecular weight excluding hydrogens is 353 g/mol. The number of rotatable bonds is 5. The number of nitrogens with zero attached hydrogens (tertiary/aromatic N) is 5. The third-order valence-electron chi connectivity index (χ3n) is 3.45. The third-order valence-corrected chi connectivity index (χ3v) is 5.01. The van der Waals surface area contributed by atoms with Crippen LogP contribution in [0.15, 0.2) is 0 Å². The number of halogens is 2. The van der Waals surface area contributed by atoms with Gasteiger partial charge in [0.25, 0.3) is 10.1 Å². The fourth-order valence-electron chi connectivity index (χ4n) is 2.43. The molecule has 0 aliphatic carbocycles. The van der Waals surface area contributed by atoms with Crippen molar-refractivity contribution in [3.63, 3.8) is 0 Å². The van der Waals surface area contributed by atoms with Crippen LogP contribution in [0.4, 0.5) is 5.95 Å². The van der Waals surface area contributed by atoms with Gasteiger partial charge >= 0.3 is 0 Å². The predicted molar refractivity (Wildman–Crippen MR) is 83.9 cm³/mol. The smallest absolute Gasteiger partial charge is 0.281 e. The Bertz CT molecular complexity index is 602. The molecule has 1 saturated heterocycles. The fraction of sp³-hybridized carbons (Fsp3) is 0.727. The van der Waals surface area contributed by atoms with Gasteiger partial charge in [0.2, 0.25) is 16.5 Å². The normalized spacial score (nSPS) is 18.5. The summed E-state index contributed by atoms with van der Waals surface area (Å²) in [6.07, 6.45) is 1.06. The molecule has 1 aliphatic rings. The number of anilines is 1. The molecule has 11 heteroatoms. The average molecular weight is 370 g/mol. The van der Waals surface area contributed by atoms with E-state index < -0.39 is 15.5 Å². The van der Waals surface area contributed by atoms with Gasteiger partial charge in [-0.25, -0.2) is 0 Å². The molecule has 124 valence electrons. The second-order valence-corrected chi connectivity index (χ2v) is 7.21. The van der Waals surface area contributed by atoms with Crippen LogP contribution in [-0.4, -0.2) is 64.4 Å². The summed E-state index contributed by atoms with van der Waals surface area (Å²) >= 11 is 11.5. The lowest BCUT2D eigenvalue weighted by atomic mass is 10.2. The first-order valence-electron chi connectivity index (χ1n) is 6.83. The molecule has 1 aromatic heterocycles. The fourth-order valence-corrected chi connectivity index (χ4v) is 3.91. The van der Waals surface area contributed by atoms with Crippen LogP contribution in [0.2, 0.25) is 10.6 Å². The maximum absolute atomic E-state index is 11.5. The highest BCUT2D eigenvalue weighted by Gasteiger charge is 2.32. The quantitative estimate of drug-likeness (QED) is 0.775. The number of hydrogen-bond donors (Lipinski definition) is 1. The molecule has 22 heavy (non-hydrogen) atoms. The summed E-state index contributed by atoms with van der Waals surface area (Å²) in [7, 11) is -4.10. The van der Waals surface area contributed by atoms with Gasteiger partial charge in [-0.15, -0.1) is 0 Å². The van der Waals surface area contributed by atoms with Gasteiger partial charge in [0.1, 0.15) is 5.37 Å². The lowest BCUT2D eigenvalue weighted by molar-refractivity contribution is 0.214. The highest BCUT2D eigenvalue weighted by Crippen LogP contribution is 2.19. The summed E-state index contributed by atoms with van der Waals surface area (Å²) in [5.74, 6) is 0.364. The Morgan fingerprint density at radius 3 is 2.14 bits per heavy atom. The highest BCUT2D eigenvalue weighted by atomic mass is 35.5. The molecule has 0 radical (unpaired) electrons. The van der Waals surface area contributed by atoms with E-state index in [-0.39, 0.29) is 10.6 Å². The summed E-state index contributed by atoms with van der Waals surface area (Å²) in [6.45, 7) is 3.82. The Labute approximate surface area is 139 Å². The summed E-state index contributed by atoms with van der Waals surface area (Å²) < 4.78 is 32.4. The number of aromatic nitrogens is 3. The van der Waals surface area contributed by atoms with Gasteiger partial charge in [0.05, 0.1) is 0 Å². The molecule has 8 nitrogen and oxygen atoms in total. The van der Waals surface area contributed by atoms with Crippen molar-refractivity contribution in [2.45, 2.75) is 25.1 Å². The van der Waals surface area contributed by atoms with E-state index >= 15 is 0 Å².